The van der Waals surface area contributed by atoms with E-state index >= 15 is 0 Å². The van der Waals surface area contributed by atoms with E-state index in [2.05, 4.69) is 4.74 Å². The Balaban J connectivity index is 5.01. The van der Waals surface area contributed by atoms with E-state index in [-0.39, 0.29) is 12.8 Å². The summed E-state index contributed by atoms with van der Waals surface area (Å²) in [7, 11) is -6.24. The van der Waals surface area contributed by atoms with Gasteiger partial charge in [-0.25, -0.2) is 0 Å². The number of rotatable bonds is 7. The highest BCUT2D eigenvalue weighted by atomic mass is 32.2. The maximum absolute atomic E-state index is 12.9. The van der Waals surface area contributed by atoms with Crippen LogP contribution in [0.25, 0.3) is 0 Å². The summed E-state index contributed by atoms with van der Waals surface area (Å²) < 4.78 is 83.6. The fourth-order valence-electron chi connectivity index (χ4n) is 1.10. The van der Waals surface area contributed by atoms with Crippen molar-refractivity contribution in [3.05, 3.63) is 0 Å². The van der Waals surface area contributed by atoms with Crippen molar-refractivity contribution >= 4 is 10.1 Å². The van der Waals surface area contributed by atoms with Crippen molar-refractivity contribution in [1.29, 1.82) is 0 Å². The fraction of sp³-hybridized carbons (Fsp3) is 1.00. The number of halogens is 4. The van der Waals surface area contributed by atoms with E-state index in [9.17, 15) is 26.0 Å². The van der Waals surface area contributed by atoms with Gasteiger partial charge in [0.1, 0.15) is 0 Å². The van der Waals surface area contributed by atoms with Crippen LogP contribution in [0.3, 0.4) is 0 Å². The van der Waals surface area contributed by atoms with Crippen LogP contribution >= 0.6 is 0 Å². The first-order valence-electron chi connectivity index (χ1n) is 4.90. The second kappa shape index (κ2) is 5.49. The molecule has 0 saturated heterocycles. The molecule has 0 aliphatic carbocycles. The SMILES string of the molecule is CCCC(CC)OC(F)(F)C(F)(F)S(=O)(=O)O. The smallest absolute Gasteiger partial charge is 0.311 e. The van der Waals surface area contributed by atoms with Gasteiger partial charge in [-0.15, -0.1) is 0 Å². The highest BCUT2D eigenvalue weighted by Crippen LogP contribution is 2.40. The molecule has 0 bridgehead atoms. The van der Waals surface area contributed by atoms with E-state index in [0.717, 1.165) is 0 Å². The maximum Gasteiger partial charge on any atom is 0.459 e. The van der Waals surface area contributed by atoms with Gasteiger partial charge in [-0.1, -0.05) is 20.3 Å². The van der Waals surface area contributed by atoms with E-state index in [4.69, 9.17) is 4.55 Å². The first-order chi connectivity index (χ1) is 7.49. The molecule has 1 N–H and O–H groups in total. The Morgan fingerprint density at radius 3 is 2.00 bits per heavy atom. The molecule has 104 valence electrons. The molecule has 0 radical (unpaired) electrons. The second-order valence-corrected chi connectivity index (χ2v) is 4.91. The number of hydrogen-bond acceptors (Lipinski definition) is 3. The van der Waals surface area contributed by atoms with Gasteiger partial charge in [0.15, 0.2) is 0 Å². The minimum absolute atomic E-state index is 0.0188. The van der Waals surface area contributed by atoms with Crippen LogP contribution in [-0.2, 0) is 14.9 Å². The zero-order valence-electron chi connectivity index (χ0n) is 9.29. The summed E-state index contributed by atoms with van der Waals surface area (Å²) in [4.78, 5) is 0. The van der Waals surface area contributed by atoms with Gasteiger partial charge in [-0.3, -0.25) is 4.55 Å². The molecular formula is C8H14F4O4S. The summed E-state index contributed by atoms with van der Waals surface area (Å²) in [6, 6.07) is 0. The molecule has 0 aromatic heterocycles. The Bertz CT molecular complexity index is 341. The highest BCUT2D eigenvalue weighted by Gasteiger charge is 2.68. The molecule has 0 aliphatic heterocycles. The summed E-state index contributed by atoms with van der Waals surface area (Å²) in [5, 5.41) is -5.67. The van der Waals surface area contributed by atoms with Crippen LogP contribution < -0.4 is 0 Å². The number of ether oxygens (including phenoxy) is 1. The Morgan fingerprint density at radius 2 is 1.71 bits per heavy atom. The summed E-state index contributed by atoms with van der Waals surface area (Å²) >= 11 is 0. The lowest BCUT2D eigenvalue weighted by molar-refractivity contribution is -0.335. The molecule has 0 aromatic carbocycles. The monoisotopic (exact) mass is 282 g/mol. The second-order valence-electron chi connectivity index (χ2n) is 3.45. The van der Waals surface area contributed by atoms with E-state index in [1.165, 1.54) is 6.92 Å². The molecule has 9 heteroatoms. The topological polar surface area (TPSA) is 63.6 Å². The number of hydrogen-bond donors (Lipinski definition) is 1. The third-order valence-electron chi connectivity index (χ3n) is 2.04. The third kappa shape index (κ3) is 3.78. The lowest BCUT2D eigenvalue weighted by atomic mass is 10.1. The van der Waals surface area contributed by atoms with Crippen LogP contribution in [0, 0.1) is 0 Å². The van der Waals surface area contributed by atoms with Gasteiger partial charge in [-0.2, -0.15) is 26.0 Å². The average molecular weight is 282 g/mol. The van der Waals surface area contributed by atoms with Crippen molar-refractivity contribution in [3.8, 4) is 0 Å². The van der Waals surface area contributed by atoms with Gasteiger partial charge >= 0.3 is 21.5 Å². The molecular weight excluding hydrogens is 268 g/mol. The zero-order chi connectivity index (χ0) is 13.9. The quantitative estimate of drug-likeness (QED) is 0.576. The maximum atomic E-state index is 12.9. The Hall–Kier alpha value is -0.410. The van der Waals surface area contributed by atoms with Crippen LogP contribution in [0.15, 0.2) is 0 Å². The van der Waals surface area contributed by atoms with Crippen molar-refractivity contribution in [3.63, 3.8) is 0 Å². The summed E-state index contributed by atoms with van der Waals surface area (Å²) in [5.74, 6) is 0. The van der Waals surface area contributed by atoms with Crippen molar-refractivity contribution in [2.24, 2.45) is 0 Å². The third-order valence-corrected chi connectivity index (χ3v) is 2.93. The van der Waals surface area contributed by atoms with Crippen LogP contribution in [0.4, 0.5) is 17.6 Å². The molecule has 0 fully saturated rings. The van der Waals surface area contributed by atoms with Gasteiger partial charge in [0.05, 0.1) is 6.10 Å². The minimum Gasteiger partial charge on any atom is -0.311 e. The summed E-state index contributed by atoms with van der Waals surface area (Å²) in [6.45, 7) is 3.06. The molecule has 0 amide bonds. The Morgan fingerprint density at radius 1 is 1.24 bits per heavy atom. The van der Waals surface area contributed by atoms with E-state index in [1.54, 1.807) is 6.92 Å². The zero-order valence-corrected chi connectivity index (χ0v) is 10.1. The first-order valence-corrected chi connectivity index (χ1v) is 6.34. The fourth-order valence-corrected chi connectivity index (χ4v) is 1.44. The molecule has 17 heavy (non-hydrogen) atoms. The van der Waals surface area contributed by atoms with E-state index in [1.807, 2.05) is 0 Å². The van der Waals surface area contributed by atoms with Gasteiger partial charge in [0.25, 0.3) is 0 Å². The summed E-state index contributed by atoms with van der Waals surface area (Å²) in [5.41, 5.74) is 0. The van der Waals surface area contributed by atoms with Gasteiger partial charge in [-0.05, 0) is 12.8 Å². The Kier molecular flexibility index (Phi) is 5.36. The van der Waals surface area contributed by atoms with Crippen LogP contribution in [0.5, 0.6) is 0 Å². The molecule has 1 atom stereocenters. The molecule has 0 spiro atoms. The predicted molar refractivity (Wildman–Crippen MR) is 51.5 cm³/mol. The standard InChI is InChI=1S/C8H14F4O4S/c1-3-5-6(4-2)16-7(9,10)8(11,12)17(13,14)15/h6H,3-5H2,1-2H3,(H,13,14,15). The van der Waals surface area contributed by atoms with Crippen molar-refractivity contribution < 1.29 is 35.3 Å². The van der Waals surface area contributed by atoms with Crippen LogP contribution in [0.2, 0.25) is 0 Å². The minimum atomic E-state index is -6.24. The molecule has 0 saturated carbocycles. The van der Waals surface area contributed by atoms with Gasteiger partial charge in [0.2, 0.25) is 0 Å². The van der Waals surface area contributed by atoms with Crippen molar-refractivity contribution in [1.82, 2.24) is 0 Å². The normalized spacial score (nSPS) is 15.9. The van der Waals surface area contributed by atoms with Crippen LogP contribution in [0.1, 0.15) is 33.1 Å². The average Bonchev–Trinajstić information content (AvgIpc) is 2.14. The van der Waals surface area contributed by atoms with Gasteiger partial charge < -0.3 is 4.74 Å². The lowest BCUT2D eigenvalue weighted by Gasteiger charge is -2.27. The molecule has 0 aliphatic rings. The largest absolute Gasteiger partial charge is 0.459 e. The Labute approximate surface area is 96.7 Å². The van der Waals surface area contributed by atoms with E-state index in [0.29, 0.717) is 6.42 Å². The lowest BCUT2D eigenvalue weighted by Crippen LogP contribution is -2.50. The summed E-state index contributed by atoms with van der Waals surface area (Å²) in [6.07, 6.45) is -5.97. The van der Waals surface area contributed by atoms with Crippen molar-refractivity contribution in [2.75, 3.05) is 0 Å². The van der Waals surface area contributed by atoms with E-state index < -0.39 is 27.6 Å². The molecule has 1 unspecified atom stereocenters. The highest BCUT2D eigenvalue weighted by molar-refractivity contribution is 7.86. The predicted octanol–water partition coefficient (Wildman–Crippen LogP) is 2.66. The molecule has 0 aromatic rings. The molecule has 4 nitrogen and oxygen atoms in total. The number of alkyl halides is 4. The van der Waals surface area contributed by atoms with Crippen molar-refractivity contribution in [2.45, 2.75) is 50.6 Å². The molecule has 0 rings (SSSR count). The molecule has 0 heterocycles. The van der Waals surface area contributed by atoms with Gasteiger partial charge in [0, 0.05) is 0 Å². The first kappa shape index (κ1) is 16.6. The van der Waals surface area contributed by atoms with Crippen LogP contribution in [-0.4, -0.2) is 30.4 Å².